The predicted molar refractivity (Wildman–Crippen MR) is 107 cm³/mol. The molecule has 0 radical (unpaired) electrons. The molecule has 0 atom stereocenters. The minimum Gasteiger partial charge on any atom is -0.497 e. The third kappa shape index (κ3) is 3.01. The maximum atomic E-state index is 12.8. The van der Waals surface area contributed by atoms with Crippen molar-refractivity contribution in [3.63, 3.8) is 0 Å². The lowest BCUT2D eigenvalue weighted by atomic mass is 9.93. The lowest BCUT2D eigenvalue weighted by Crippen LogP contribution is -2.06. The van der Waals surface area contributed by atoms with Crippen LogP contribution < -0.4 is 10.4 Å². The molecule has 0 aliphatic carbocycles. The molecular formula is C22H15NO5. The molecule has 1 aromatic heterocycles. The standard InChI is InChI=1S/C22H15NO5/c1-27-17-12-8-14(9-13-17)20-18-4-2-3-5-19(18)28-22(24)21(20)15-6-10-16(11-7-15)23(25)26/h2-13H,1H3. The first-order chi connectivity index (χ1) is 13.6. The highest BCUT2D eigenvalue weighted by atomic mass is 16.6. The average Bonchev–Trinajstić information content (AvgIpc) is 2.73. The third-order valence-corrected chi connectivity index (χ3v) is 4.56. The molecule has 28 heavy (non-hydrogen) atoms. The quantitative estimate of drug-likeness (QED) is 0.284. The summed E-state index contributed by atoms with van der Waals surface area (Å²) in [4.78, 5) is 23.3. The SMILES string of the molecule is COc1ccc(-c2c(-c3ccc([N+](=O)[O-])cc3)c(=O)oc3ccccc23)cc1. The second kappa shape index (κ2) is 7.00. The molecule has 0 aliphatic heterocycles. The number of nitrogens with zero attached hydrogens (tertiary/aromatic N) is 1. The number of benzene rings is 3. The maximum absolute atomic E-state index is 12.8. The zero-order valence-electron chi connectivity index (χ0n) is 14.9. The largest absolute Gasteiger partial charge is 0.497 e. The van der Waals surface area contributed by atoms with Gasteiger partial charge in [-0.2, -0.15) is 0 Å². The molecule has 0 N–H and O–H groups in total. The first-order valence-electron chi connectivity index (χ1n) is 8.53. The average molecular weight is 373 g/mol. The van der Waals surface area contributed by atoms with Gasteiger partial charge in [-0.15, -0.1) is 0 Å². The Balaban J connectivity index is 2.03. The smallest absolute Gasteiger partial charge is 0.344 e. The summed E-state index contributed by atoms with van der Waals surface area (Å²) in [5.41, 5.74) is 2.37. The number of nitro groups is 1. The van der Waals surface area contributed by atoms with Crippen molar-refractivity contribution in [1.82, 2.24) is 0 Å². The van der Waals surface area contributed by atoms with Crippen LogP contribution in [0.2, 0.25) is 0 Å². The van der Waals surface area contributed by atoms with Gasteiger partial charge < -0.3 is 9.15 Å². The molecule has 0 aliphatic rings. The van der Waals surface area contributed by atoms with E-state index in [1.54, 1.807) is 31.4 Å². The van der Waals surface area contributed by atoms with Crippen LogP contribution in [0.3, 0.4) is 0 Å². The van der Waals surface area contributed by atoms with Crippen LogP contribution in [0.15, 0.2) is 82.0 Å². The Kier molecular flexibility index (Phi) is 4.37. The molecule has 0 saturated heterocycles. The number of nitro benzene ring substituents is 1. The van der Waals surface area contributed by atoms with Crippen molar-refractivity contribution >= 4 is 16.7 Å². The number of methoxy groups -OCH3 is 1. The van der Waals surface area contributed by atoms with E-state index >= 15 is 0 Å². The highest BCUT2D eigenvalue weighted by Gasteiger charge is 2.18. The summed E-state index contributed by atoms with van der Waals surface area (Å²) >= 11 is 0. The summed E-state index contributed by atoms with van der Waals surface area (Å²) in [5, 5.41) is 11.7. The van der Waals surface area contributed by atoms with Crippen molar-refractivity contribution in [3.8, 4) is 28.0 Å². The molecule has 0 bridgehead atoms. The zero-order valence-corrected chi connectivity index (χ0v) is 14.9. The lowest BCUT2D eigenvalue weighted by Gasteiger charge is -2.12. The molecular weight excluding hydrogens is 358 g/mol. The molecule has 0 amide bonds. The van der Waals surface area contributed by atoms with Gasteiger partial charge in [-0.1, -0.05) is 30.3 Å². The summed E-state index contributed by atoms with van der Waals surface area (Å²) < 4.78 is 10.7. The highest BCUT2D eigenvalue weighted by Crippen LogP contribution is 2.36. The van der Waals surface area contributed by atoms with Crippen LogP contribution in [0.25, 0.3) is 33.2 Å². The topological polar surface area (TPSA) is 82.6 Å². The number of ether oxygens (including phenoxy) is 1. The second-order valence-electron chi connectivity index (χ2n) is 6.17. The van der Waals surface area contributed by atoms with Gasteiger partial charge >= 0.3 is 5.63 Å². The van der Waals surface area contributed by atoms with E-state index in [1.165, 1.54) is 12.1 Å². The fourth-order valence-corrected chi connectivity index (χ4v) is 3.22. The Morgan fingerprint density at radius 2 is 1.46 bits per heavy atom. The third-order valence-electron chi connectivity index (χ3n) is 4.56. The molecule has 4 rings (SSSR count). The molecule has 6 heteroatoms. The molecule has 0 fully saturated rings. The molecule has 0 unspecified atom stereocenters. The Bertz CT molecular complexity index is 1220. The van der Waals surface area contributed by atoms with Crippen molar-refractivity contribution in [2.75, 3.05) is 7.11 Å². The molecule has 3 aromatic carbocycles. The van der Waals surface area contributed by atoms with Gasteiger partial charge in [0, 0.05) is 23.1 Å². The second-order valence-corrected chi connectivity index (χ2v) is 6.17. The van der Waals surface area contributed by atoms with Crippen molar-refractivity contribution in [3.05, 3.63) is 93.3 Å². The van der Waals surface area contributed by atoms with Gasteiger partial charge in [0.25, 0.3) is 5.69 Å². The summed E-state index contributed by atoms with van der Waals surface area (Å²) in [6.45, 7) is 0. The van der Waals surface area contributed by atoms with E-state index in [1.807, 2.05) is 36.4 Å². The van der Waals surface area contributed by atoms with Gasteiger partial charge in [-0.3, -0.25) is 10.1 Å². The molecule has 0 spiro atoms. The van der Waals surface area contributed by atoms with E-state index in [2.05, 4.69) is 0 Å². The van der Waals surface area contributed by atoms with Crippen LogP contribution in [0, 0.1) is 10.1 Å². The van der Waals surface area contributed by atoms with Crippen LogP contribution in [0.5, 0.6) is 5.75 Å². The van der Waals surface area contributed by atoms with Crippen LogP contribution in [0.1, 0.15) is 0 Å². The van der Waals surface area contributed by atoms with Gasteiger partial charge in [-0.25, -0.2) is 4.79 Å². The van der Waals surface area contributed by atoms with E-state index in [9.17, 15) is 14.9 Å². The van der Waals surface area contributed by atoms with Crippen LogP contribution >= 0.6 is 0 Å². The van der Waals surface area contributed by atoms with Crippen LogP contribution in [0.4, 0.5) is 5.69 Å². The van der Waals surface area contributed by atoms with Crippen molar-refractivity contribution in [2.45, 2.75) is 0 Å². The number of hydrogen-bond donors (Lipinski definition) is 0. The predicted octanol–water partition coefficient (Wildman–Crippen LogP) is 5.04. The van der Waals surface area contributed by atoms with Gasteiger partial charge in [0.2, 0.25) is 0 Å². The summed E-state index contributed by atoms with van der Waals surface area (Å²) in [5.74, 6) is 0.702. The van der Waals surface area contributed by atoms with Crippen molar-refractivity contribution < 1.29 is 14.1 Å². The normalized spacial score (nSPS) is 10.8. The Labute approximate surface area is 159 Å². The van der Waals surface area contributed by atoms with Gasteiger partial charge in [-0.05, 0) is 41.5 Å². The minimum atomic E-state index is -0.502. The molecule has 1 heterocycles. The highest BCUT2D eigenvalue weighted by molar-refractivity contribution is 6.01. The van der Waals surface area contributed by atoms with E-state index < -0.39 is 10.5 Å². The van der Waals surface area contributed by atoms with Crippen LogP contribution in [-0.4, -0.2) is 12.0 Å². The zero-order chi connectivity index (χ0) is 19.7. The Morgan fingerprint density at radius 1 is 0.857 bits per heavy atom. The Hall–Kier alpha value is -3.93. The maximum Gasteiger partial charge on any atom is 0.344 e. The van der Waals surface area contributed by atoms with Gasteiger partial charge in [0.05, 0.1) is 17.6 Å². The van der Waals surface area contributed by atoms with E-state index in [0.717, 1.165) is 10.9 Å². The van der Waals surface area contributed by atoms with Gasteiger partial charge in [0.15, 0.2) is 0 Å². The van der Waals surface area contributed by atoms with Crippen molar-refractivity contribution in [2.24, 2.45) is 0 Å². The number of rotatable bonds is 4. The fraction of sp³-hybridized carbons (Fsp3) is 0.0455. The molecule has 6 nitrogen and oxygen atoms in total. The molecule has 138 valence electrons. The fourth-order valence-electron chi connectivity index (χ4n) is 3.22. The lowest BCUT2D eigenvalue weighted by molar-refractivity contribution is -0.384. The summed E-state index contributed by atoms with van der Waals surface area (Å²) in [6.07, 6.45) is 0. The van der Waals surface area contributed by atoms with Crippen LogP contribution in [-0.2, 0) is 0 Å². The minimum absolute atomic E-state index is 0.0417. The van der Waals surface area contributed by atoms with E-state index in [0.29, 0.717) is 28.0 Å². The molecule has 4 aromatic rings. The Morgan fingerprint density at radius 3 is 2.11 bits per heavy atom. The number of non-ortho nitro benzene ring substituents is 1. The van der Waals surface area contributed by atoms with E-state index in [4.69, 9.17) is 9.15 Å². The monoisotopic (exact) mass is 373 g/mol. The van der Waals surface area contributed by atoms with Gasteiger partial charge in [0.1, 0.15) is 11.3 Å². The number of fused-ring (bicyclic) bond motifs is 1. The number of para-hydroxylation sites is 1. The number of hydrogen-bond acceptors (Lipinski definition) is 5. The summed E-state index contributed by atoms with van der Waals surface area (Å²) in [6, 6.07) is 20.5. The van der Waals surface area contributed by atoms with Crippen molar-refractivity contribution in [1.29, 1.82) is 0 Å². The van der Waals surface area contributed by atoms with E-state index in [-0.39, 0.29) is 5.69 Å². The first kappa shape index (κ1) is 17.5. The first-order valence-corrected chi connectivity index (χ1v) is 8.53. The molecule has 0 saturated carbocycles. The summed E-state index contributed by atoms with van der Waals surface area (Å²) in [7, 11) is 1.59.